The standard InChI is InChI=1S/C18H23ClN2O2/c19-15-7-4-13(5-8-15)10-11-21-12-14(6-9-17(21)22)18(23)20-16-2-1-3-16/h4-5,7-8,14,16H,1-3,6,9-12H2,(H,20,23). The first-order valence-corrected chi connectivity index (χ1v) is 8.82. The average molecular weight is 335 g/mol. The molecule has 0 spiro atoms. The Morgan fingerprint density at radius 2 is 1.96 bits per heavy atom. The highest BCUT2D eigenvalue weighted by Crippen LogP contribution is 2.22. The molecule has 124 valence electrons. The molecule has 0 bridgehead atoms. The quantitative estimate of drug-likeness (QED) is 0.900. The molecule has 23 heavy (non-hydrogen) atoms. The average Bonchev–Trinajstić information content (AvgIpc) is 2.51. The molecule has 1 unspecified atom stereocenters. The van der Waals surface area contributed by atoms with Gasteiger partial charge < -0.3 is 10.2 Å². The number of halogens is 1. The van der Waals surface area contributed by atoms with Crippen LogP contribution in [0.15, 0.2) is 24.3 Å². The number of rotatable bonds is 5. The van der Waals surface area contributed by atoms with Crippen molar-refractivity contribution in [2.45, 2.75) is 44.6 Å². The highest BCUT2D eigenvalue weighted by atomic mass is 35.5. The summed E-state index contributed by atoms with van der Waals surface area (Å²) in [5.41, 5.74) is 1.16. The van der Waals surface area contributed by atoms with Crippen molar-refractivity contribution in [1.29, 1.82) is 0 Å². The second kappa shape index (κ2) is 7.35. The predicted molar refractivity (Wildman–Crippen MR) is 90.2 cm³/mol. The summed E-state index contributed by atoms with van der Waals surface area (Å²) in [4.78, 5) is 26.2. The van der Waals surface area contributed by atoms with Crippen LogP contribution in [-0.4, -0.2) is 35.8 Å². The summed E-state index contributed by atoms with van der Waals surface area (Å²) >= 11 is 5.89. The van der Waals surface area contributed by atoms with E-state index in [9.17, 15) is 9.59 Å². The first kappa shape index (κ1) is 16.3. The molecule has 1 N–H and O–H groups in total. The van der Waals surface area contributed by atoms with Crippen molar-refractivity contribution in [3.63, 3.8) is 0 Å². The zero-order valence-electron chi connectivity index (χ0n) is 13.3. The van der Waals surface area contributed by atoms with E-state index in [2.05, 4.69) is 5.32 Å². The number of benzene rings is 1. The van der Waals surface area contributed by atoms with E-state index in [-0.39, 0.29) is 17.7 Å². The number of piperidine rings is 1. The molecule has 1 saturated heterocycles. The molecular weight excluding hydrogens is 312 g/mol. The molecule has 1 aromatic carbocycles. The molecule has 1 saturated carbocycles. The molecule has 1 atom stereocenters. The van der Waals surface area contributed by atoms with Crippen LogP contribution in [0.1, 0.15) is 37.7 Å². The number of carbonyl (C=O) groups is 2. The van der Waals surface area contributed by atoms with Crippen molar-refractivity contribution in [2.24, 2.45) is 5.92 Å². The van der Waals surface area contributed by atoms with Gasteiger partial charge in [-0.25, -0.2) is 0 Å². The van der Waals surface area contributed by atoms with Crippen LogP contribution in [0.5, 0.6) is 0 Å². The number of nitrogens with zero attached hydrogens (tertiary/aromatic N) is 1. The molecule has 1 aliphatic heterocycles. The number of likely N-dealkylation sites (tertiary alicyclic amines) is 1. The van der Waals surface area contributed by atoms with E-state index < -0.39 is 0 Å². The maximum atomic E-state index is 12.3. The van der Waals surface area contributed by atoms with Gasteiger partial charge in [0.1, 0.15) is 0 Å². The van der Waals surface area contributed by atoms with Crippen LogP contribution >= 0.6 is 11.6 Å². The van der Waals surface area contributed by atoms with Crippen molar-refractivity contribution >= 4 is 23.4 Å². The lowest BCUT2D eigenvalue weighted by Gasteiger charge is -2.34. The Morgan fingerprint density at radius 3 is 2.61 bits per heavy atom. The summed E-state index contributed by atoms with van der Waals surface area (Å²) in [5.74, 6) is 0.226. The molecule has 1 heterocycles. The van der Waals surface area contributed by atoms with Crippen LogP contribution in [0.25, 0.3) is 0 Å². The van der Waals surface area contributed by atoms with Gasteiger partial charge in [-0.2, -0.15) is 0 Å². The minimum Gasteiger partial charge on any atom is -0.353 e. The topological polar surface area (TPSA) is 49.4 Å². The van der Waals surface area contributed by atoms with Gasteiger partial charge in [0.05, 0.1) is 5.92 Å². The summed E-state index contributed by atoms with van der Waals surface area (Å²) in [5, 5.41) is 3.83. The number of amides is 2. The van der Waals surface area contributed by atoms with Gasteiger partial charge in [0, 0.05) is 30.6 Å². The van der Waals surface area contributed by atoms with Gasteiger partial charge in [-0.05, 0) is 49.8 Å². The summed E-state index contributed by atoms with van der Waals surface area (Å²) in [6.45, 7) is 1.21. The fourth-order valence-corrected chi connectivity index (χ4v) is 3.26. The SMILES string of the molecule is O=C(NC1CCC1)C1CCC(=O)N(CCc2ccc(Cl)cc2)C1. The molecule has 2 amide bonds. The highest BCUT2D eigenvalue weighted by molar-refractivity contribution is 6.30. The van der Waals surface area contributed by atoms with Crippen molar-refractivity contribution in [1.82, 2.24) is 10.2 Å². The van der Waals surface area contributed by atoms with Crippen LogP contribution in [-0.2, 0) is 16.0 Å². The van der Waals surface area contributed by atoms with E-state index in [0.29, 0.717) is 32.0 Å². The molecule has 4 nitrogen and oxygen atoms in total. The molecule has 1 aliphatic carbocycles. The largest absolute Gasteiger partial charge is 0.353 e. The Hall–Kier alpha value is -1.55. The molecule has 2 fully saturated rings. The zero-order valence-corrected chi connectivity index (χ0v) is 14.0. The molecule has 2 aliphatic rings. The summed E-state index contributed by atoms with van der Waals surface area (Å²) < 4.78 is 0. The number of hydrogen-bond acceptors (Lipinski definition) is 2. The van der Waals surface area contributed by atoms with E-state index in [4.69, 9.17) is 11.6 Å². The number of nitrogens with one attached hydrogen (secondary N) is 1. The van der Waals surface area contributed by atoms with Gasteiger partial charge in [-0.3, -0.25) is 9.59 Å². The van der Waals surface area contributed by atoms with E-state index in [1.54, 1.807) is 0 Å². The normalized spacial score (nSPS) is 21.9. The van der Waals surface area contributed by atoms with Gasteiger partial charge in [0.15, 0.2) is 0 Å². The smallest absolute Gasteiger partial charge is 0.225 e. The van der Waals surface area contributed by atoms with Crippen LogP contribution in [0, 0.1) is 5.92 Å². The van der Waals surface area contributed by atoms with Gasteiger partial charge in [-0.15, -0.1) is 0 Å². The van der Waals surface area contributed by atoms with Gasteiger partial charge in [-0.1, -0.05) is 23.7 Å². The van der Waals surface area contributed by atoms with E-state index >= 15 is 0 Å². The van der Waals surface area contributed by atoms with Crippen molar-refractivity contribution < 1.29 is 9.59 Å². The van der Waals surface area contributed by atoms with Crippen LogP contribution in [0.2, 0.25) is 5.02 Å². The molecule has 0 radical (unpaired) electrons. The van der Waals surface area contributed by atoms with Crippen LogP contribution in [0.4, 0.5) is 0 Å². The fourth-order valence-electron chi connectivity index (χ4n) is 3.13. The van der Waals surface area contributed by atoms with Crippen molar-refractivity contribution in [2.75, 3.05) is 13.1 Å². The van der Waals surface area contributed by atoms with Gasteiger partial charge in [0.25, 0.3) is 0 Å². The van der Waals surface area contributed by atoms with E-state index in [0.717, 1.165) is 29.8 Å². The van der Waals surface area contributed by atoms with Gasteiger partial charge in [0.2, 0.25) is 11.8 Å². The maximum Gasteiger partial charge on any atom is 0.225 e. The lowest BCUT2D eigenvalue weighted by Crippen LogP contribution is -2.49. The molecule has 3 rings (SSSR count). The zero-order chi connectivity index (χ0) is 16.2. The Bertz CT molecular complexity index is 569. The minimum absolute atomic E-state index is 0.0569. The molecule has 0 aromatic heterocycles. The second-order valence-electron chi connectivity index (χ2n) is 6.59. The highest BCUT2D eigenvalue weighted by Gasteiger charge is 2.31. The first-order chi connectivity index (χ1) is 11.1. The lowest BCUT2D eigenvalue weighted by atomic mass is 9.91. The molecular formula is C18H23ClN2O2. The summed E-state index contributed by atoms with van der Waals surface area (Å²) in [6, 6.07) is 8.06. The second-order valence-corrected chi connectivity index (χ2v) is 7.02. The van der Waals surface area contributed by atoms with Crippen molar-refractivity contribution in [3.8, 4) is 0 Å². The Kier molecular flexibility index (Phi) is 5.21. The summed E-state index contributed by atoms with van der Waals surface area (Å²) in [7, 11) is 0. The number of carbonyl (C=O) groups excluding carboxylic acids is 2. The predicted octanol–water partition coefficient (Wildman–Crippen LogP) is 2.79. The van der Waals surface area contributed by atoms with E-state index in [1.165, 1.54) is 6.42 Å². The molecule has 5 heteroatoms. The minimum atomic E-state index is -0.0569. The summed E-state index contributed by atoms with van der Waals surface area (Å²) in [6.07, 6.45) is 5.34. The van der Waals surface area contributed by atoms with Crippen LogP contribution in [0.3, 0.4) is 0 Å². The maximum absolute atomic E-state index is 12.3. The third-order valence-corrected chi connectivity index (χ3v) is 5.16. The monoisotopic (exact) mass is 334 g/mol. The Labute approximate surface area is 142 Å². The van der Waals surface area contributed by atoms with Crippen molar-refractivity contribution in [3.05, 3.63) is 34.9 Å². The number of hydrogen-bond donors (Lipinski definition) is 1. The lowest BCUT2D eigenvalue weighted by molar-refractivity contribution is -0.138. The molecule has 1 aromatic rings. The van der Waals surface area contributed by atoms with E-state index in [1.807, 2.05) is 29.2 Å². The van der Waals surface area contributed by atoms with Gasteiger partial charge >= 0.3 is 0 Å². The Balaban J connectivity index is 1.51. The first-order valence-electron chi connectivity index (χ1n) is 8.44. The van der Waals surface area contributed by atoms with Crippen LogP contribution < -0.4 is 5.32 Å². The third-order valence-electron chi connectivity index (χ3n) is 4.91. The third kappa shape index (κ3) is 4.25. The fraction of sp³-hybridized carbons (Fsp3) is 0.556. The Morgan fingerprint density at radius 1 is 1.22 bits per heavy atom.